The van der Waals surface area contributed by atoms with Crippen LogP contribution < -0.4 is 16.0 Å². The summed E-state index contributed by atoms with van der Waals surface area (Å²) >= 11 is 0. The monoisotopic (exact) mass is 395 g/mol. The van der Waals surface area contributed by atoms with Crippen LogP contribution in [0.15, 0.2) is 60.7 Å². The first-order valence-electron chi connectivity index (χ1n) is 10.2. The SMILES string of the molecule is O=C(NC1(C(=O)NCCNc2ccccc2)CCCCC1)OCc1ccccc1. The summed E-state index contributed by atoms with van der Waals surface area (Å²) in [7, 11) is 0. The number of hydrogen-bond acceptors (Lipinski definition) is 4. The van der Waals surface area contributed by atoms with Crippen molar-refractivity contribution in [2.45, 2.75) is 44.2 Å². The Kier molecular flexibility index (Phi) is 7.50. The lowest BCUT2D eigenvalue weighted by Crippen LogP contribution is -2.60. The summed E-state index contributed by atoms with van der Waals surface area (Å²) in [6.07, 6.45) is 3.61. The third-order valence-electron chi connectivity index (χ3n) is 5.21. The molecule has 0 spiro atoms. The van der Waals surface area contributed by atoms with Gasteiger partial charge in [-0.05, 0) is 30.5 Å². The molecule has 3 N–H and O–H groups in total. The quantitative estimate of drug-likeness (QED) is 0.593. The molecule has 3 rings (SSSR count). The molecule has 2 amide bonds. The predicted molar refractivity (Wildman–Crippen MR) is 114 cm³/mol. The first kappa shape index (κ1) is 20.7. The molecule has 29 heavy (non-hydrogen) atoms. The number of carbonyl (C=O) groups excluding carboxylic acids is 2. The maximum absolute atomic E-state index is 12.9. The molecule has 6 nitrogen and oxygen atoms in total. The van der Waals surface area contributed by atoms with Gasteiger partial charge in [0.15, 0.2) is 0 Å². The molecule has 154 valence electrons. The van der Waals surface area contributed by atoms with E-state index >= 15 is 0 Å². The van der Waals surface area contributed by atoms with Crippen molar-refractivity contribution in [3.05, 3.63) is 66.2 Å². The van der Waals surface area contributed by atoms with Crippen LogP contribution in [0.2, 0.25) is 0 Å². The molecule has 1 aliphatic carbocycles. The van der Waals surface area contributed by atoms with Gasteiger partial charge in [-0.1, -0.05) is 67.8 Å². The highest BCUT2D eigenvalue weighted by Crippen LogP contribution is 2.28. The highest BCUT2D eigenvalue weighted by Gasteiger charge is 2.41. The van der Waals surface area contributed by atoms with Crippen LogP contribution in [0.25, 0.3) is 0 Å². The van der Waals surface area contributed by atoms with Crippen LogP contribution in [0.5, 0.6) is 0 Å². The van der Waals surface area contributed by atoms with Crippen molar-refractivity contribution in [3.8, 4) is 0 Å². The van der Waals surface area contributed by atoms with Gasteiger partial charge in [0.1, 0.15) is 12.1 Å². The molecule has 0 bridgehead atoms. The standard InChI is InChI=1S/C23H29N3O3/c27-21(25-17-16-24-20-12-6-2-7-13-20)23(14-8-3-9-15-23)26-22(28)29-18-19-10-4-1-5-11-19/h1-2,4-7,10-13,24H,3,8-9,14-18H2,(H,25,27)(H,26,28). The summed E-state index contributed by atoms with van der Waals surface area (Å²) in [5.74, 6) is -0.135. The minimum Gasteiger partial charge on any atom is -0.445 e. The van der Waals surface area contributed by atoms with Gasteiger partial charge in [-0.2, -0.15) is 0 Å². The third kappa shape index (κ3) is 6.24. The fraction of sp³-hybridized carbons (Fsp3) is 0.391. The number of hydrogen-bond donors (Lipinski definition) is 3. The lowest BCUT2D eigenvalue weighted by Gasteiger charge is -2.36. The number of amides is 2. The Balaban J connectivity index is 1.50. The van der Waals surface area contributed by atoms with Gasteiger partial charge in [0, 0.05) is 18.8 Å². The zero-order valence-corrected chi connectivity index (χ0v) is 16.7. The highest BCUT2D eigenvalue weighted by molar-refractivity contribution is 5.90. The van der Waals surface area contributed by atoms with Crippen LogP contribution >= 0.6 is 0 Å². The van der Waals surface area contributed by atoms with Crippen LogP contribution in [-0.2, 0) is 16.1 Å². The van der Waals surface area contributed by atoms with E-state index in [1.807, 2.05) is 60.7 Å². The molecule has 0 heterocycles. The lowest BCUT2D eigenvalue weighted by molar-refractivity contribution is -0.128. The number of nitrogens with one attached hydrogen (secondary N) is 3. The number of rotatable bonds is 8. The zero-order valence-electron chi connectivity index (χ0n) is 16.7. The normalized spacial score (nSPS) is 15.2. The molecule has 0 unspecified atom stereocenters. The van der Waals surface area contributed by atoms with Crippen LogP contribution in [0.3, 0.4) is 0 Å². The Hall–Kier alpha value is -3.02. The van der Waals surface area contributed by atoms with Crippen molar-refractivity contribution < 1.29 is 14.3 Å². The van der Waals surface area contributed by atoms with E-state index in [-0.39, 0.29) is 12.5 Å². The minimum absolute atomic E-state index is 0.135. The maximum Gasteiger partial charge on any atom is 0.408 e. The molecule has 0 saturated heterocycles. The summed E-state index contributed by atoms with van der Waals surface area (Å²) in [4.78, 5) is 25.3. The molecular weight excluding hydrogens is 366 g/mol. The molecule has 1 aliphatic rings. The minimum atomic E-state index is -0.890. The lowest BCUT2D eigenvalue weighted by atomic mass is 9.81. The van der Waals surface area contributed by atoms with E-state index in [1.54, 1.807) is 0 Å². The Labute approximate surface area is 172 Å². The van der Waals surface area contributed by atoms with Crippen LogP contribution in [0.1, 0.15) is 37.7 Å². The first-order valence-corrected chi connectivity index (χ1v) is 10.2. The summed E-state index contributed by atoms with van der Waals surface area (Å²) in [5, 5.41) is 9.11. The van der Waals surface area contributed by atoms with Crippen molar-refractivity contribution in [2.24, 2.45) is 0 Å². The van der Waals surface area contributed by atoms with Crippen LogP contribution in [0.4, 0.5) is 10.5 Å². The topological polar surface area (TPSA) is 79.5 Å². The van der Waals surface area contributed by atoms with Crippen molar-refractivity contribution in [2.75, 3.05) is 18.4 Å². The number of para-hydroxylation sites is 1. The van der Waals surface area contributed by atoms with Gasteiger partial charge >= 0.3 is 6.09 Å². The van der Waals surface area contributed by atoms with Crippen molar-refractivity contribution in [1.82, 2.24) is 10.6 Å². The molecule has 1 saturated carbocycles. The molecule has 0 aromatic heterocycles. The highest BCUT2D eigenvalue weighted by atomic mass is 16.5. The molecule has 2 aromatic carbocycles. The van der Waals surface area contributed by atoms with Gasteiger partial charge in [-0.25, -0.2) is 4.79 Å². The second kappa shape index (κ2) is 10.5. The molecule has 6 heteroatoms. The average Bonchev–Trinajstić information content (AvgIpc) is 2.77. The zero-order chi connectivity index (χ0) is 20.4. The van der Waals surface area contributed by atoms with Gasteiger partial charge < -0.3 is 20.7 Å². The van der Waals surface area contributed by atoms with E-state index in [9.17, 15) is 9.59 Å². The third-order valence-corrected chi connectivity index (χ3v) is 5.21. The van der Waals surface area contributed by atoms with E-state index in [2.05, 4.69) is 16.0 Å². The summed E-state index contributed by atoms with van der Waals surface area (Å²) < 4.78 is 5.35. The smallest absolute Gasteiger partial charge is 0.408 e. The van der Waals surface area contributed by atoms with E-state index in [4.69, 9.17) is 4.74 Å². The number of carbonyl (C=O) groups is 2. The number of alkyl carbamates (subject to hydrolysis) is 1. The van der Waals surface area contributed by atoms with E-state index < -0.39 is 11.6 Å². The van der Waals surface area contributed by atoms with Gasteiger partial charge in [0.25, 0.3) is 0 Å². The average molecular weight is 396 g/mol. The predicted octanol–water partition coefficient (Wildman–Crippen LogP) is 3.84. The van der Waals surface area contributed by atoms with E-state index in [1.165, 1.54) is 0 Å². The fourth-order valence-electron chi connectivity index (χ4n) is 3.63. The molecule has 0 radical (unpaired) electrons. The Morgan fingerprint density at radius 3 is 2.21 bits per heavy atom. The number of benzene rings is 2. The Morgan fingerprint density at radius 2 is 1.52 bits per heavy atom. The first-order chi connectivity index (χ1) is 14.2. The van der Waals surface area contributed by atoms with Crippen LogP contribution in [-0.4, -0.2) is 30.6 Å². The van der Waals surface area contributed by atoms with Gasteiger partial charge in [-0.3, -0.25) is 4.79 Å². The Morgan fingerprint density at radius 1 is 0.862 bits per heavy atom. The molecule has 2 aromatic rings. The van der Waals surface area contributed by atoms with Gasteiger partial charge in [0.2, 0.25) is 5.91 Å². The van der Waals surface area contributed by atoms with Crippen molar-refractivity contribution in [3.63, 3.8) is 0 Å². The molecule has 0 atom stereocenters. The van der Waals surface area contributed by atoms with Gasteiger partial charge in [0.05, 0.1) is 0 Å². The number of ether oxygens (including phenoxy) is 1. The summed E-state index contributed by atoms with van der Waals surface area (Å²) in [6.45, 7) is 1.28. The Bertz CT molecular complexity index is 774. The molecule has 1 fully saturated rings. The summed E-state index contributed by atoms with van der Waals surface area (Å²) in [5.41, 5.74) is 1.03. The van der Waals surface area contributed by atoms with E-state index in [0.29, 0.717) is 25.9 Å². The number of anilines is 1. The largest absolute Gasteiger partial charge is 0.445 e. The second-order valence-electron chi connectivity index (χ2n) is 7.38. The van der Waals surface area contributed by atoms with Crippen molar-refractivity contribution in [1.29, 1.82) is 0 Å². The fourth-order valence-corrected chi connectivity index (χ4v) is 3.63. The van der Waals surface area contributed by atoms with Gasteiger partial charge in [-0.15, -0.1) is 0 Å². The van der Waals surface area contributed by atoms with Crippen LogP contribution in [0, 0.1) is 0 Å². The second-order valence-corrected chi connectivity index (χ2v) is 7.38. The van der Waals surface area contributed by atoms with Crippen molar-refractivity contribution >= 4 is 17.7 Å². The summed E-state index contributed by atoms with van der Waals surface area (Å²) in [6, 6.07) is 19.4. The van der Waals surface area contributed by atoms with E-state index in [0.717, 1.165) is 30.5 Å². The molecule has 0 aliphatic heterocycles. The molecular formula is C23H29N3O3. The maximum atomic E-state index is 12.9.